The molecule has 0 aliphatic carbocycles. The molecule has 2 rings (SSSR count). The minimum Gasteiger partial charge on any atom is -0.480 e. The quantitative estimate of drug-likeness (QED) is 0.888. The van der Waals surface area contributed by atoms with Crippen LogP contribution in [0.25, 0.3) is 0 Å². The predicted molar refractivity (Wildman–Crippen MR) is 67.9 cm³/mol. The lowest BCUT2D eigenvalue weighted by Gasteiger charge is -2.35. The minimum absolute atomic E-state index is 0.0771. The van der Waals surface area contributed by atoms with E-state index in [2.05, 4.69) is 9.97 Å². The molecule has 0 spiro atoms. The molecule has 1 aliphatic heterocycles. The largest absolute Gasteiger partial charge is 0.480 e. The van der Waals surface area contributed by atoms with Crippen LogP contribution < -0.4 is 0 Å². The number of carboxylic acids is 1. The van der Waals surface area contributed by atoms with Gasteiger partial charge in [-0.2, -0.15) is 0 Å². The van der Waals surface area contributed by atoms with Gasteiger partial charge in [-0.15, -0.1) is 0 Å². The van der Waals surface area contributed by atoms with E-state index in [0.29, 0.717) is 13.0 Å². The van der Waals surface area contributed by atoms with Crippen molar-refractivity contribution in [2.45, 2.75) is 25.8 Å². The molecular weight excluding hydrogens is 270 g/mol. The van der Waals surface area contributed by atoms with Crippen molar-refractivity contribution in [3.05, 3.63) is 23.2 Å². The smallest absolute Gasteiger partial charge is 0.326 e. The van der Waals surface area contributed by atoms with Crippen LogP contribution in [-0.2, 0) is 4.79 Å². The van der Waals surface area contributed by atoms with Gasteiger partial charge in [-0.1, -0.05) is 18.5 Å². The average Bonchev–Trinajstić information content (AvgIpc) is 2.37. The Balaban J connectivity index is 2.24. The molecule has 1 aliphatic rings. The van der Waals surface area contributed by atoms with Gasteiger partial charge in [-0.3, -0.25) is 9.78 Å². The molecule has 2 heterocycles. The van der Waals surface area contributed by atoms with Crippen molar-refractivity contribution in [1.82, 2.24) is 14.9 Å². The fourth-order valence-corrected chi connectivity index (χ4v) is 2.36. The van der Waals surface area contributed by atoms with Crippen molar-refractivity contribution < 1.29 is 14.7 Å². The van der Waals surface area contributed by atoms with Crippen molar-refractivity contribution in [2.75, 3.05) is 6.54 Å². The first-order valence-electron chi connectivity index (χ1n) is 6.00. The molecule has 7 heteroatoms. The number of amides is 1. The van der Waals surface area contributed by atoms with Gasteiger partial charge in [0.2, 0.25) is 0 Å². The molecule has 2 atom stereocenters. The van der Waals surface area contributed by atoms with Crippen LogP contribution in [-0.4, -0.2) is 44.4 Å². The number of halogens is 1. The normalized spacial score (nSPS) is 23.2. The van der Waals surface area contributed by atoms with Crippen LogP contribution in [0.5, 0.6) is 0 Å². The summed E-state index contributed by atoms with van der Waals surface area (Å²) in [4.78, 5) is 32.5. The van der Waals surface area contributed by atoms with Crippen LogP contribution in [0.15, 0.2) is 12.4 Å². The fourth-order valence-electron chi connectivity index (χ4n) is 2.21. The predicted octanol–water partition coefficient (Wildman–Crippen LogP) is 1.46. The SMILES string of the molecule is CC1CCN(C(=O)c2cncc(Cl)n2)C(C(=O)O)C1. The number of likely N-dealkylation sites (tertiary alicyclic amines) is 1. The van der Waals surface area contributed by atoms with E-state index < -0.39 is 17.9 Å². The molecule has 1 saturated heterocycles. The van der Waals surface area contributed by atoms with Gasteiger partial charge in [0.25, 0.3) is 5.91 Å². The zero-order valence-electron chi connectivity index (χ0n) is 10.4. The number of carboxylic acid groups (broad SMARTS) is 1. The van der Waals surface area contributed by atoms with Crippen LogP contribution in [0.2, 0.25) is 5.15 Å². The Morgan fingerprint density at radius 3 is 2.84 bits per heavy atom. The zero-order chi connectivity index (χ0) is 14.0. The second kappa shape index (κ2) is 5.52. The molecule has 1 aromatic rings. The number of hydrogen-bond donors (Lipinski definition) is 1. The molecule has 19 heavy (non-hydrogen) atoms. The Morgan fingerprint density at radius 2 is 2.21 bits per heavy atom. The number of rotatable bonds is 2. The summed E-state index contributed by atoms with van der Waals surface area (Å²) in [5, 5.41) is 9.33. The molecular formula is C12H14ClN3O3. The van der Waals surface area contributed by atoms with Crippen LogP contribution in [0, 0.1) is 5.92 Å². The lowest BCUT2D eigenvalue weighted by atomic mass is 9.92. The van der Waals surface area contributed by atoms with Crippen molar-refractivity contribution >= 4 is 23.5 Å². The molecule has 2 unspecified atom stereocenters. The van der Waals surface area contributed by atoms with Crippen molar-refractivity contribution in [3.8, 4) is 0 Å². The third kappa shape index (κ3) is 3.01. The van der Waals surface area contributed by atoms with E-state index in [1.54, 1.807) is 0 Å². The zero-order valence-corrected chi connectivity index (χ0v) is 11.2. The third-order valence-electron chi connectivity index (χ3n) is 3.23. The maximum absolute atomic E-state index is 12.3. The van der Waals surface area contributed by atoms with Crippen LogP contribution in [0.4, 0.5) is 0 Å². The van der Waals surface area contributed by atoms with Crippen molar-refractivity contribution in [1.29, 1.82) is 0 Å². The fraction of sp³-hybridized carbons (Fsp3) is 0.500. The summed E-state index contributed by atoms with van der Waals surface area (Å²) >= 11 is 5.69. The van der Waals surface area contributed by atoms with Gasteiger partial charge in [0.15, 0.2) is 0 Å². The van der Waals surface area contributed by atoms with Gasteiger partial charge in [0.05, 0.1) is 12.4 Å². The molecule has 1 amide bonds. The molecule has 102 valence electrons. The molecule has 1 fully saturated rings. The highest BCUT2D eigenvalue weighted by Crippen LogP contribution is 2.24. The highest BCUT2D eigenvalue weighted by Gasteiger charge is 2.35. The van der Waals surface area contributed by atoms with E-state index in [9.17, 15) is 14.7 Å². The van der Waals surface area contributed by atoms with E-state index in [4.69, 9.17) is 11.6 Å². The Hall–Kier alpha value is -1.69. The highest BCUT2D eigenvalue weighted by atomic mass is 35.5. The van der Waals surface area contributed by atoms with E-state index >= 15 is 0 Å². The van der Waals surface area contributed by atoms with Gasteiger partial charge in [0.1, 0.15) is 16.9 Å². The Labute approximate surface area is 115 Å². The topological polar surface area (TPSA) is 83.4 Å². The van der Waals surface area contributed by atoms with Gasteiger partial charge < -0.3 is 10.0 Å². The molecule has 0 radical (unpaired) electrons. The second-order valence-corrected chi connectivity index (χ2v) is 5.10. The maximum atomic E-state index is 12.3. The van der Waals surface area contributed by atoms with E-state index in [1.807, 2.05) is 6.92 Å². The van der Waals surface area contributed by atoms with Crippen molar-refractivity contribution in [2.24, 2.45) is 5.92 Å². The molecule has 6 nitrogen and oxygen atoms in total. The number of carbonyl (C=O) groups is 2. The Kier molecular flexibility index (Phi) is 3.99. The summed E-state index contributed by atoms with van der Waals surface area (Å²) in [6.07, 6.45) is 3.86. The van der Waals surface area contributed by atoms with Gasteiger partial charge in [-0.05, 0) is 18.8 Å². The third-order valence-corrected chi connectivity index (χ3v) is 3.42. The summed E-state index contributed by atoms with van der Waals surface area (Å²) < 4.78 is 0. The summed E-state index contributed by atoms with van der Waals surface area (Å²) in [6, 6.07) is -0.808. The van der Waals surface area contributed by atoms with Gasteiger partial charge in [-0.25, -0.2) is 9.78 Å². The molecule has 1 N–H and O–H groups in total. The molecule has 1 aromatic heterocycles. The van der Waals surface area contributed by atoms with Crippen molar-refractivity contribution in [3.63, 3.8) is 0 Å². The highest BCUT2D eigenvalue weighted by molar-refractivity contribution is 6.29. The molecule has 0 bridgehead atoms. The number of carbonyl (C=O) groups excluding carboxylic acids is 1. The summed E-state index contributed by atoms with van der Waals surface area (Å²) in [6.45, 7) is 2.39. The van der Waals surface area contributed by atoms with E-state index in [0.717, 1.165) is 6.42 Å². The van der Waals surface area contributed by atoms with Crippen LogP contribution in [0.1, 0.15) is 30.3 Å². The minimum atomic E-state index is -0.991. The standard InChI is InChI=1S/C12H14ClN3O3/c1-7-2-3-16(9(4-7)12(18)19)11(17)8-5-14-6-10(13)15-8/h5-7,9H,2-4H2,1H3,(H,18,19). The number of hydrogen-bond acceptors (Lipinski definition) is 4. The summed E-state index contributed by atoms with van der Waals surface area (Å²) in [5.74, 6) is -1.14. The lowest BCUT2D eigenvalue weighted by molar-refractivity contribution is -0.144. The number of piperidine rings is 1. The number of aromatic nitrogens is 2. The summed E-state index contributed by atoms with van der Waals surface area (Å²) in [7, 11) is 0. The number of aliphatic carboxylic acids is 1. The maximum Gasteiger partial charge on any atom is 0.326 e. The Bertz CT molecular complexity index is 509. The first-order chi connectivity index (χ1) is 8.99. The van der Waals surface area contributed by atoms with Gasteiger partial charge >= 0.3 is 5.97 Å². The molecule has 0 saturated carbocycles. The summed E-state index contributed by atoms with van der Waals surface area (Å²) in [5.41, 5.74) is 0.0771. The monoisotopic (exact) mass is 283 g/mol. The van der Waals surface area contributed by atoms with Crippen LogP contribution >= 0.6 is 11.6 Å². The molecule has 0 aromatic carbocycles. The van der Waals surface area contributed by atoms with Crippen LogP contribution in [0.3, 0.4) is 0 Å². The average molecular weight is 284 g/mol. The van der Waals surface area contributed by atoms with Gasteiger partial charge in [0, 0.05) is 6.54 Å². The Morgan fingerprint density at radius 1 is 1.47 bits per heavy atom. The van der Waals surface area contributed by atoms with E-state index in [1.165, 1.54) is 17.3 Å². The first kappa shape index (κ1) is 13.7. The first-order valence-corrected chi connectivity index (χ1v) is 6.38. The van der Waals surface area contributed by atoms with E-state index in [-0.39, 0.29) is 16.8 Å². The second-order valence-electron chi connectivity index (χ2n) is 4.71. The lowest BCUT2D eigenvalue weighted by Crippen LogP contribution is -2.50. The number of nitrogens with zero attached hydrogens (tertiary/aromatic N) is 3.